The Hall–Kier alpha value is -2.53. The van der Waals surface area contributed by atoms with Gasteiger partial charge in [-0.1, -0.05) is 24.3 Å². The summed E-state index contributed by atoms with van der Waals surface area (Å²) in [5.74, 6) is 0.488. The van der Waals surface area contributed by atoms with Crippen LogP contribution in [-0.4, -0.2) is 24.2 Å². The molecule has 0 bridgehead atoms. The molecule has 0 atom stereocenters. The number of hydrogen-bond acceptors (Lipinski definition) is 4. The number of aliphatic hydroxyl groups is 1. The van der Waals surface area contributed by atoms with Crippen molar-refractivity contribution in [1.29, 1.82) is 0 Å². The molecular weight excluding hydrogens is 280 g/mol. The molecule has 3 N–H and O–H groups in total. The topological polar surface area (TPSA) is 70.6 Å². The van der Waals surface area contributed by atoms with E-state index in [1.165, 1.54) is 0 Å². The Bertz CT molecular complexity index is 629. The molecule has 116 valence electrons. The first-order valence-corrected chi connectivity index (χ1v) is 7.18. The number of hydrogen-bond donors (Lipinski definition) is 3. The number of rotatable bonds is 7. The minimum absolute atomic E-state index is 0.0244. The molecule has 0 spiro atoms. The Morgan fingerprint density at radius 1 is 1.18 bits per heavy atom. The van der Waals surface area contributed by atoms with Gasteiger partial charge < -0.3 is 20.5 Å². The second-order valence-electron chi connectivity index (χ2n) is 4.69. The SMILES string of the molecule is CCOc1ccccc1NC(=O)CNc1cccc(CO)c1. The average Bonchev–Trinajstić information content (AvgIpc) is 2.55. The number of aliphatic hydroxyl groups excluding tert-OH is 1. The first-order chi connectivity index (χ1) is 10.7. The van der Waals surface area contributed by atoms with Crippen molar-refractivity contribution in [2.45, 2.75) is 13.5 Å². The fourth-order valence-electron chi connectivity index (χ4n) is 2.01. The third kappa shape index (κ3) is 4.49. The highest BCUT2D eigenvalue weighted by Gasteiger charge is 2.07. The van der Waals surface area contributed by atoms with E-state index >= 15 is 0 Å². The Morgan fingerprint density at radius 3 is 2.77 bits per heavy atom. The van der Waals surface area contributed by atoms with Crippen LogP contribution in [0.5, 0.6) is 5.75 Å². The van der Waals surface area contributed by atoms with Gasteiger partial charge in [-0.25, -0.2) is 0 Å². The maximum atomic E-state index is 12.0. The normalized spacial score (nSPS) is 10.1. The van der Waals surface area contributed by atoms with Gasteiger partial charge >= 0.3 is 0 Å². The molecule has 1 amide bonds. The standard InChI is InChI=1S/C17H20N2O3/c1-2-22-16-9-4-3-8-15(16)19-17(21)11-18-14-7-5-6-13(10-14)12-20/h3-10,18,20H,2,11-12H2,1H3,(H,19,21). The van der Waals surface area contributed by atoms with Gasteiger partial charge in [-0.2, -0.15) is 0 Å². The number of nitrogens with one attached hydrogen (secondary N) is 2. The van der Waals surface area contributed by atoms with Gasteiger partial charge in [0.2, 0.25) is 5.91 Å². The molecule has 2 rings (SSSR count). The zero-order chi connectivity index (χ0) is 15.8. The summed E-state index contributed by atoms with van der Waals surface area (Å²) in [5, 5.41) is 14.9. The molecule has 0 aromatic heterocycles. The number of para-hydroxylation sites is 2. The zero-order valence-corrected chi connectivity index (χ0v) is 12.5. The molecule has 2 aromatic carbocycles. The first-order valence-electron chi connectivity index (χ1n) is 7.18. The van der Waals surface area contributed by atoms with Crippen molar-refractivity contribution in [3.05, 3.63) is 54.1 Å². The van der Waals surface area contributed by atoms with E-state index in [-0.39, 0.29) is 19.1 Å². The monoisotopic (exact) mass is 300 g/mol. The molecule has 0 fully saturated rings. The minimum Gasteiger partial charge on any atom is -0.492 e. The van der Waals surface area contributed by atoms with Crippen LogP contribution in [0.2, 0.25) is 0 Å². The average molecular weight is 300 g/mol. The highest BCUT2D eigenvalue weighted by atomic mass is 16.5. The summed E-state index contributed by atoms with van der Waals surface area (Å²) in [6.45, 7) is 2.55. The van der Waals surface area contributed by atoms with E-state index in [4.69, 9.17) is 9.84 Å². The van der Waals surface area contributed by atoms with Gasteiger partial charge in [0.1, 0.15) is 5.75 Å². The molecule has 0 unspecified atom stereocenters. The molecule has 0 saturated heterocycles. The largest absolute Gasteiger partial charge is 0.492 e. The Balaban J connectivity index is 1.93. The fourth-order valence-corrected chi connectivity index (χ4v) is 2.01. The van der Waals surface area contributed by atoms with E-state index < -0.39 is 0 Å². The van der Waals surface area contributed by atoms with Crippen molar-refractivity contribution in [1.82, 2.24) is 0 Å². The highest BCUT2D eigenvalue weighted by Crippen LogP contribution is 2.23. The van der Waals surface area contributed by atoms with Crippen molar-refractivity contribution in [2.75, 3.05) is 23.8 Å². The summed E-state index contributed by atoms with van der Waals surface area (Å²) in [6.07, 6.45) is 0. The summed E-state index contributed by atoms with van der Waals surface area (Å²) in [5.41, 5.74) is 2.24. The van der Waals surface area contributed by atoms with E-state index in [1.54, 1.807) is 12.1 Å². The smallest absolute Gasteiger partial charge is 0.243 e. The molecule has 0 aliphatic rings. The van der Waals surface area contributed by atoms with Crippen LogP contribution in [-0.2, 0) is 11.4 Å². The van der Waals surface area contributed by atoms with Crippen LogP contribution in [0.15, 0.2) is 48.5 Å². The summed E-state index contributed by atoms with van der Waals surface area (Å²) in [4.78, 5) is 12.0. The van der Waals surface area contributed by atoms with Crippen molar-refractivity contribution in [3.63, 3.8) is 0 Å². The predicted octanol–water partition coefficient (Wildman–Crippen LogP) is 2.63. The van der Waals surface area contributed by atoms with E-state index in [0.717, 1.165) is 11.3 Å². The molecule has 2 aromatic rings. The Kier molecular flexibility index (Phi) is 5.80. The molecule has 0 aliphatic heterocycles. The van der Waals surface area contributed by atoms with Crippen LogP contribution in [0, 0.1) is 0 Å². The van der Waals surface area contributed by atoms with Crippen molar-refractivity contribution >= 4 is 17.3 Å². The predicted molar refractivity (Wildman–Crippen MR) is 87.1 cm³/mol. The van der Waals surface area contributed by atoms with Gasteiger partial charge in [-0.15, -0.1) is 0 Å². The van der Waals surface area contributed by atoms with Crippen LogP contribution in [0.3, 0.4) is 0 Å². The van der Waals surface area contributed by atoms with Crippen LogP contribution in [0.1, 0.15) is 12.5 Å². The number of carbonyl (C=O) groups excluding carboxylic acids is 1. The van der Waals surface area contributed by atoms with Gasteiger partial charge in [0.15, 0.2) is 0 Å². The lowest BCUT2D eigenvalue weighted by molar-refractivity contribution is -0.114. The molecule has 5 nitrogen and oxygen atoms in total. The lowest BCUT2D eigenvalue weighted by Crippen LogP contribution is -2.22. The van der Waals surface area contributed by atoms with Gasteiger partial charge in [-0.05, 0) is 36.8 Å². The number of benzene rings is 2. The number of amides is 1. The minimum atomic E-state index is -0.165. The molecule has 0 saturated carbocycles. The van der Waals surface area contributed by atoms with Gasteiger partial charge in [0, 0.05) is 5.69 Å². The second-order valence-corrected chi connectivity index (χ2v) is 4.69. The van der Waals surface area contributed by atoms with Gasteiger partial charge in [-0.3, -0.25) is 4.79 Å². The summed E-state index contributed by atoms with van der Waals surface area (Å²) >= 11 is 0. The number of ether oxygens (including phenoxy) is 1. The van der Waals surface area contributed by atoms with Crippen LogP contribution in [0.4, 0.5) is 11.4 Å². The van der Waals surface area contributed by atoms with Gasteiger partial charge in [0.05, 0.1) is 25.4 Å². The van der Waals surface area contributed by atoms with Crippen LogP contribution >= 0.6 is 0 Å². The van der Waals surface area contributed by atoms with E-state index in [9.17, 15) is 4.79 Å². The van der Waals surface area contributed by atoms with E-state index in [2.05, 4.69) is 10.6 Å². The van der Waals surface area contributed by atoms with Crippen molar-refractivity contribution in [3.8, 4) is 5.75 Å². The maximum absolute atomic E-state index is 12.0. The number of anilines is 2. The second kappa shape index (κ2) is 8.05. The van der Waals surface area contributed by atoms with E-state index in [0.29, 0.717) is 18.0 Å². The third-order valence-electron chi connectivity index (χ3n) is 3.02. The third-order valence-corrected chi connectivity index (χ3v) is 3.02. The molecule has 0 aliphatic carbocycles. The number of carbonyl (C=O) groups is 1. The molecule has 5 heteroatoms. The molecule has 0 heterocycles. The Morgan fingerprint density at radius 2 is 2.00 bits per heavy atom. The lowest BCUT2D eigenvalue weighted by atomic mass is 10.2. The molecular formula is C17H20N2O3. The molecule has 22 heavy (non-hydrogen) atoms. The zero-order valence-electron chi connectivity index (χ0n) is 12.5. The molecule has 0 radical (unpaired) electrons. The lowest BCUT2D eigenvalue weighted by Gasteiger charge is -2.12. The van der Waals surface area contributed by atoms with Crippen LogP contribution in [0.25, 0.3) is 0 Å². The Labute approximate surface area is 129 Å². The fraction of sp³-hybridized carbons (Fsp3) is 0.235. The van der Waals surface area contributed by atoms with Crippen molar-refractivity contribution in [2.24, 2.45) is 0 Å². The quantitative estimate of drug-likeness (QED) is 0.735. The first kappa shape index (κ1) is 15.9. The summed E-state index contributed by atoms with van der Waals surface area (Å²) < 4.78 is 5.47. The van der Waals surface area contributed by atoms with Crippen molar-refractivity contribution < 1.29 is 14.6 Å². The maximum Gasteiger partial charge on any atom is 0.243 e. The highest BCUT2D eigenvalue weighted by molar-refractivity contribution is 5.95. The van der Waals surface area contributed by atoms with Crippen LogP contribution < -0.4 is 15.4 Å². The van der Waals surface area contributed by atoms with Gasteiger partial charge in [0.25, 0.3) is 0 Å². The summed E-state index contributed by atoms with van der Waals surface area (Å²) in [7, 11) is 0. The van der Waals surface area contributed by atoms with E-state index in [1.807, 2.05) is 43.3 Å². The summed E-state index contributed by atoms with van der Waals surface area (Å²) in [6, 6.07) is 14.6.